The minimum atomic E-state index is -0.417. The third-order valence-corrected chi connectivity index (χ3v) is 3.76. The summed E-state index contributed by atoms with van der Waals surface area (Å²) < 4.78 is 10.6. The molecule has 0 radical (unpaired) electrons. The molecule has 0 fully saturated rings. The molecule has 1 unspecified atom stereocenters. The van der Waals surface area contributed by atoms with Crippen molar-refractivity contribution in [3.05, 3.63) is 23.8 Å². The zero-order chi connectivity index (χ0) is 14.4. The van der Waals surface area contributed by atoms with Crippen LogP contribution in [0.3, 0.4) is 0 Å². The zero-order valence-corrected chi connectivity index (χ0v) is 12.4. The lowest BCUT2D eigenvalue weighted by atomic mass is 10.1. The predicted molar refractivity (Wildman–Crippen MR) is 80.3 cm³/mol. The molecular weight excluding hydrogens is 276 g/mol. The van der Waals surface area contributed by atoms with Crippen LogP contribution in [0.2, 0.25) is 0 Å². The molecule has 2 rings (SSSR count). The minimum absolute atomic E-state index is 0.0835. The largest absolute Gasteiger partial charge is 0.454 e. The normalized spacial score (nSPS) is 14.1. The van der Waals surface area contributed by atoms with Crippen LogP contribution < -0.4 is 20.5 Å². The molecular formula is C14H20N2O3S. The van der Waals surface area contributed by atoms with E-state index in [9.17, 15) is 4.79 Å². The molecule has 1 atom stereocenters. The van der Waals surface area contributed by atoms with Crippen LogP contribution in [0, 0.1) is 0 Å². The number of thioether (sulfide) groups is 1. The Kier molecular flexibility index (Phi) is 5.55. The summed E-state index contributed by atoms with van der Waals surface area (Å²) in [5.74, 6) is 2.36. The Labute approximate surface area is 123 Å². The van der Waals surface area contributed by atoms with E-state index in [1.807, 2.05) is 24.5 Å². The van der Waals surface area contributed by atoms with Gasteiger partial charge in [-0.3, -0.25) is 4.79 Å². The van der Waals surface area contributed by atoms with Gasteiger partial charge in [-0.05, 0) is 42.5 Å². The van der Waals surface area contributed by atoms with E-state index in [0.717, 1.165) is 29.2 Å². The van der Waals surface area contributed by atoms with Crippen molar-refractivity contribution in [2.24, 2.45) is 5.73 Å². The Morgan fingerprint density at radius 3 is 3.05 bits per heavy atom. The highest BCUT2D eigenvalue weighted by Crippen LogP contribution is 2.32. The van der Waals surface area contributed by atoms with Gasteiger partial charge in [0.25, 0.3) is 0 Å². The molecule has 6 heteroatoms. The van der Waals surface area contributed by atoms with Gasteiger partial charge in [-0.25, -0.2) is 0 Å². The highest BCUT2D eigenvalue weighted by atomic mass is 32.2. The number of carbonyl (C=O) groups is 1. The smallest absolute Gasteiger partial charge is 0.236 e. The van der Waals surface area contributed by atoms with Gasteiger partial charge in [0, 0.05) is 6.54 Å². The molecule has 0 saturated heterocycles. The summed E-state index contributed by atoms with van der Waals surface area (Å²) in [5, 5.41) is 2.86. The highest BCUT2D eigenvalue weighted by molar-refractivity contribution is 7.98. The average Bonchev–Trinajstić information content (AvgIpc) is 2.92. The molecule has 1 aliphatic rings. The molecule has 1 amide bonds. The lowest BCUT2D eigenvalue weighted by Gasteiger charge is -2.11. The maximum absolute atomic E-state index is 11.7. The molecule has 0 aliphatic carbocycles. The number of fused-ring (bicyclic) bond motifs is 1. The van der Waals surface area contributed by atoms with Gasteiger partial charge in [0.05, 0.1) is 6.04 Å². The van der Waals surface area contributed by atoms with Gasteiger partial charge in [0.15, 0.2) is 11.5 Å². The average molecular weight is 296 g/mol. The van der Waals surface area contributed by atoms with Gasteiger partial charge in [0.2, 0.25) is 12.7 Å². The lowest BCUT2D eigenvalue weighted by Crippen LogP contribution is -2.41. The number of ether oxygens (including phenoxy) is 2. The first-order chi connectivity index (χ1) is 9.70. The quantitative estimate of drug-likeness (QED) is 0.790. The maximum atomic E-state index is 11.7. The van der Waals surface area contributed by atoms with Crippen LogP contribution in [-0.2, 0) is 11.2 Å². The lowest BCUT2D eigenvalue weighted by molar-refractivity contribution is -0.122. The SMILES string of the molecule is CSCCC(N)C(=O)NCCc1ccc2c(c1)OCO2. The number of nitrogens with one attached hydrogen (secondary N) is 1. The summed E-state index contributed by atoms with van der Waals surface area (Å²) in [6.45, 7) is 0.852. The first-order valence-electron chi connectivity index (χ1n) is 6.61. The van der Waals surface area contributed by atoms with E-state index in [4.69, 9.17) is 15.2 Å². The second-order valence-corrected chi connectivity index (χ2v) is 5.60. The Bertz CT molecular complexity index is 468. The number of amides is 1. The molecule has 3 N–H and O–H groups in total. The van der Waals surface area contributed by atoms with Crippen LogP contribution in [0.5, 0.6) is 11.5 Å². The molecule has 110 valence electrons. The molecule has 0 spiro atoms. The van der Waals surface area contributed by atoms with Gasteiger partial charge < -0.3 is 20.5 Å². The predicted octanol–water partition coefficient (Wildman–Crippen LogP) is 1.15. The Morgan fingerprint density at radius 1 is 1.45 bits per heavy atom. The van der Waals surface area contributed by atoms with Crippen molar-refractivity contribution in [2.45, 2.75) is 18.9 Å². The molecule has 1 heterocycles. The van der Waals surface area contributed by atoms with Crippen LogP contribution in [0.4, 0.5) is 0 Å². The summed E-state index contributed by atoms with van der Waals surface area (Å²) >= 11 is 1.69. The first kappa shape index (κ1) is 15.0. The van der Waals surface area contributed by atoms with Gasteiger partial charge in [-0.2, -0.15) is 11.8 Å². The van der Waals surface area contributed by atoms with Gasteiger partial charge >= 0.3 is 0 Å². The molecule has 5 nitrogen and oxygen atoms in total. The monoisotopic (exact) mass is 296 g/mol. The molecule has 0 bridgehead atoms. The third-order valence-electron chi connectivity index (χ3n) is 3.12. The van der Waals surface area contributed by atoms with Crippen molar-refractivity contribution in [3.63, 3.8) is 0 Å². The van der Waals surface area contributed by atoms with E-state index in [1.54, 1.807) is 11.8 Å². The van der Waals surface area contributed by atoms with E-state index in [0.29, 0.717) is 13.0 Å². The fourth-order valence-corrected chi connectivity index (χ4v) is 2.42. The second kappa shape index (κ2) is 7.40. The number of nitrogens with two attached hydrogens (primary N) is 1. The van der Waals surface area contributed by atoms with Gasteiger partial charge in [-0.1, -0.05) is 6.07 Å². The first-order valence-corrected chi connectivity index (χ1v) is 8.01. The summed E-state index contributed by atoms with van der Waals surface area (Å²) in [6.07, 6.45) is 3.46. The second-order valence-electron chi connectivity index (χ2n) is 4.62. The molecule has 1 aromatic carbocycles. The molecule has 0 saturated carbocycles. The van der Waals surface area contributed by atoms with Gasteiger partial charge in [0.1, 0.15) is 0 Å². The summed E-state index contributed by atoms with van der Waals surface area (Å²) in [4.78, 5) is 11.7. The van der Waals surface area contributed by atoms with Crippen LogP contribution >= 0.6 is 11.8 Å². The van der Waals surface area contributed by atoms with Gasteiger partial charge in [-0.15, -0.1) is 0 Å². The molecule has 0 aromatic heterocycles. The topological polar surface area (TPSA) is 73.6 Å². The minimum Gasteiger partial charge on any atom is -0.454 e. The number of benzene rings is 1. The van der Waals surface area contributed by atoms with E-state index < -0.39 is 6.04 Å². The van der Waals surface area contributed by atoms with Crippen molar-refractivity contribution in [3.8, 4) is 11.5 Å². The maximum Gasteiger partial charge on any atom is 0.236 e. The Hall–Kier alpha value is -1.40. The van der Waals surface area contributed by atoms with Crippen LogP contribution in [-0.4, -0.2) is 37.3 Å². The number of rotatable bonds is 7. The van der Waals surface area contributed by atoms with E-state index in [1.165, 1.54) is 0 Å². The van der Waals surface area contributed by atoms with Crippen molar-refractivity contribution in [1.82, 2.24) is 5.32 Å². The van der Waals surface area contributed by atoms with E-state index >= 15 is 0 Å². The zero-order valence-electron chi connectivity index (χ0n) is 11.6. The number of carbonyl (C=O) groups excluding carboxylic acids is 1. The fourth-order valence-electron chi connectivity index (χ4n) is 1.93. The fraction of sp³-hybridized carbons (Fsp3) is 0.500. The van der Waals surface area contributed by atoms with E-state index in [2.05, 4.69) is 5.32 Å². The third kappa shape index (κ3) is 4.05. The number of hydrogen-bond acceptors (Lipinski definition) is 5. The summed E-state index contributed by atoms with van der Waals surface area (Å²) in [6, 6.07) is 5.40. The standard InChI is InChI=1S/C14H20N2O3S/c1-20-7-5-11(15)14(17)16-6-4-10-2-3-12-13(8-10)19-9-18-12/h2-3,8,11H,4-7,9,15H2,1H3,(H,16,17). The van der Waals surface area contributed by atoms with E-state index in [-0.39, 0.29) is 12.7 Å². The molecule has 20 heavy (non-hydrogen) atoms. The van der Waals surface area contributed by atoms with Crippen molar-refractivity contribution in [1.29, 1.82) is 0 Å². The van der Waals surface area contributed by atoms with Crippen LogP contribution in [0.1, 0.15) is 12.0 Å². The Balaban J connectivity index is 1.74. The van der Waals surface area contributed by atoms with Crippen molar-refractivity contribution >= 4 is 17.7 Å². The number of hydrogen-bond donors (Lipinski definition) is 2. The van der Waals surface area contributed by atoms with Crippen molar-refractivity contribution < 1.29 is 14.3 Å². The highest BCUT2D eigenvalue weighted by Gasteiger charge is 2.14. The molecule has 1 aliphatic heterocycles. The van der Waals surface area contributed by atoms with Crippen LogP contribution in [0.25, 0.3) is 0 Å². The van der Waals surface area contributed by atoms with Crippen LogP contribution in [0.15, 0.2) is 18.2 Å². The Morgan fingerprint density at radius 2 is 2.25 bits per heavy atom. The summed E-state index contributed by atoms with van der Waals surface area (Å²) in [5.41, 5.74) is 6.90. The molecule has 1 aromatic rings. The van der Waals surface area contributed by atoms with Crippen molar-refractivity contribution in [2.75, 3.05) is 25.3 Å². The summed E-state index contributed by atoms with van der Waals surface area (Å²) in [7, 11) is 0.